The third kappa shape index (κ3) is 4.72. The van der Waals surface area contributed by atoms with Crippen molar-refractivity contribution in [3.8, 4) is 0 Å². The van der Waals surface area contributed by atoms with Gasteiger partial charge in [-0.2, -0.15) is 0 Å². The predicted molar refractivity (Wildman–Crippen MR) is 64.0 cm³/mol. The van der Waals surface area contributed by atoms with E-state index in [1.165, 1.54) is 0 Å². The van der Waals surface area contributed by atoms with Crippen LogP contribution in [0.2, 0.25) is 0 Å². The van der Waals surface area contributed by atoms with E-state index < -0.39 is 17.3 Å². The Morgan fingerprint density at radius 3 is 1.94 bits per heavy atom. The SMILES string of the molecule is CCC(C(=O)O)C(=O)CCCC(CO)(CO)CO. The Morgan fingerprint density at radius 2 is 1.61 bits per heavy atom. The highest BCUT2D eigenvalue weighted by atomic mass is 16.4. The Bertz CT molecular complexity index is 263. The van der Waals surface area contributed by atoms with Gasteiger partial charge >= 0.3 is 5.97 Å². The van der Waals surface area contributed by atoms with Gasteiger partial charge in [0.2, 0.25) is 0 Å². The molecule has 0 heterocycles. The van der Waals surface area contributed by atoms with E-state index in [1.807, 2.05) is 0 Å². The highest BCUT2D eigenvalue weighted by Gasteiger charge is 2.29. The molecule has 0 amide bonds. The Morgan fingerprint density at radius 1 is 1.11 bits per heavy atom. The van der Waals surface area contributed by atoms with Gasteiger partial charge in [0.15, 0.2) is 0 Å². The largest absolute Gasteiger partial charge is 0.481 e. The molecule has 18 heavy (non-hydrogen) atoms. The first-order chi connectivity index (χ1) is 8.46. The van der Waals surface area contributed by atoms with E-state index in [0.29, 0.717) is 6.42 Å². The fourth-order valence-corrected chi connectivity index (χ4v) is 1.74. The maximum Gasteiger partial charge on any atom is 0.314 e. The highest BCUT2D eigenvalue weighted by Crippen LogP contribution is 2.23. The summed E-state index contributed by atoms with van der Waals surface area (Å²) in [4.78, 5) is 22.4. The van der Waals surface area contributed by atoms with Gasteiger partial charge < -0.3 is 20.4 Å². The number of aliphatic hydroxyl groups is 3. The molecular formula is C12H22O6. The fraction of sp³-hybridized carbons (Fsp3) is 0.833. The van der Waals surface area contributed by atoms with Crippen molar-refractivity contribution in [3.05, 3.63) is 0 Å². The normalized spacial score (nSPS) is 13.3. The Hall–Kier alpha value is -0.980. The molecule has 0 saturated heterocycles. The van der Waals surface area contributed by atoms with Gasteiger partial charge in [-0.15, -0.1) is 0 Å². The highest BCUT2D eigenvalue weighted by molar-refractivity contribution is 5.98. The van der Waals surface area contributed by atoms with Crippen LogP contribution in [0, 0.1) is 11.3 Å². The Kier molecular flexibility index (Phi) is 7.73. The summed E-state index contributed by atoms with van der Waals surface area (Å²) in [6, 6.07) is 0. The molecule has 0 aromatic heterocycles. The van der Waals surface area contributed by atoms with E-state index in [-0.39, 0.29) is 44.9 Å². The van der Waals surface area contributed by atoms with Crippen molar-refractivity contribution in [3.63, 3.8) is 0 Å². The van der Waals surface area contributed by atoms with Gasteiger partial charge in [-0.25, -0.2) is 0 Å². The van der Waals surface area contributed by atoms with E-state index in [0.717, 1.165) is 0 Å². The maximum atomic E-state index is 11.6. The van der Waals surface area contributed by atoms with Crippen molar-refractivity contribution in [2.45, 2.75) is 32.6 Å². The van der Waals surface area contributed by atoms with Crippen molar-refractivity contribution in [2.24, 2.45) is 11.3 Å². The summed E-state index contributed by atoms with van der Waals surface area (Å²) >= 11 is 0. The van der Waals surface area contributed by atoms with Crippen LogP contribution in [0.3, 0.4) is 0 Å². The van der Waals surface area contributed by atoms with Gasteiger partial charge in [-0.3, -0.25) is 9.59 Å². The summed E-state index contributed by atoms with van der Waals surface area (Å²) in [6.45, 7) is 0.523. The molecule has 0 radical (unpaired) electrons. The Balaban J connectivity index is 4.25. The van der Waals surface area contributed by atoms with Crippen LogP contribution in [0.5, 0.6) is 0 Å². The molecule has 1 unspecified atom stereocenters. The third-order valence-electron chi connectivity index (χ3n) is 3.23. The third-order valence-corrected chi connectivity index (χ3v) is 3.23. The molecule has 6 heteroatoms. The van der Waals surface area contributed by atoms with Gasteiger partial charge in [0, 0.05) is 11.8 Å². The number of carbonyl (C=O) groups excluding carboxylic acids is 1. The number of carboxylic acids is 1. The molecule has 0 aromatic carbocycles. The van der Waals surface area contributed by atoms with Gasteiger partial charge in [-0.05, 0) is 19.3 Å². The molecule has 0 fully saturated rings. The van der Waals surface area contributed by atoms with Crippen LogP contribution in [-0.2, 0) is 9.59 Å². The molecule has 0 spiro atoms. The lowest BCUT2D eigenvalue weighted by atomic mass is 9.84. The first kappa shape index (κ1) is 17.0. The summed E-state index contributed by atoms with van der Waals surface area (Å²) in [5.74, 6) is -2.47. The molecule has 6 nitrogen and oxygen atoms in total. The van der Waals surface area contributed by atoms with Crippen molar-refractivity contribution in [1.82, 2.24) is 0 Å². The number of carbonyl (C=O) groups is 2. The topological polar surface area (TPSA) is 115 Å². The number of hydrogen-bond acceptors (Lipinski definition) is 5. The van der Waals surface area contributed by atoms with E-state index in [9.17, 15) is 9.59 Å². The number of aliphatic hydroxyl groups excluding tert-OH is 3. The van der Waals surface area contributed by atoms with Gasteiger partial charge in [-0.1, -0.05) is 6.92 Å². The standard InChI is InChI=1S/C12H22O6/c1-2-9(11(17)18)10(16)4-3-5-12(6-13,7-14)8-15/h9,13-15H,2-8H2,1H3,(H,17,18). The zero-order chi connectivity index (χ0) is 14.2. The molecule has 0 aromatic rings. The van der Waals surface area contributed by atoms with Crippen LogP contribution < -0.4 is 0 Å². The minimum atomic E-state index is -1.12. The average molecular weight is 262 g/mol. The molecule has 0 aliphatic heterocycles. The quantitative estimate of drug-likeness (QED) is 0.405. The molecule has 0 rings (SSSR count). The minimum absolute atomic E-state index is 0.0759. The smallest absolute Gasteiger partial charge is 0.314 e. The summed E-state index contributed by atoms with van der Waals surface area (Å²) in [7, 11) is 0. The number of carboxylic acid groups (broad SMARTS) is 1. The molecule has 106 valence electrons. The maximum absolute atomic E-state index is 11.6. The summed E-state index contributed by atoms with van der Waals surface area (Å²) in [6.07, 6.45) is 0.939. The first-order valence-electron chi connectivity index (χ1n) is 6.04. The second-order valence-electron chi connectivity index (χ2n) is 4.59. The average Bonchev–Trinajstić information content (AvgIpc) is 2.35. The molecule has 0 aliphatic carbocycles. The number of ketones is 1. The minimum Gasteiger partial charge on any atom is -0.481 e. The summed E-state index contributed by atoms with van der Waals surface area (Å²) < 4.78 is 0. The molecule has 4 N–H and O–H groups in total. The molecule has 0 aliphatic rings. The second kappa shape index (κ2) is 8.18. The Labute approximate surface area is 106 Å². The van der Waals surface area contributed by atoms with Crippen LogP contribution in [-0.4, -0.2) is 52.0 Å². The molecule has 1 atom stereocenters. The van der Waals surface area contributed by atoms with Crippen LogP contribution in [0.1, 0.15) is 32.6 Å². The van der Waals surface area contributed by atoms with Crippen molar-refractivity contribution in [2.75, 3.05) is 19.8 Å². The zero-order valence-electron chi connectivity index (χ0n) is 10.6. The van der Waals surface area contributed by atoms with Crippen LogP contribution in [0.4, 0.5) is 0 Å². The first-order valence-corrected chi connectivity index (χ1v) is 6.04. The monoisotopic (exact) mass is 262 g/mol. The van der Waals surface area contributed by atoms with Crippen molar-refractivity contribution in [1.29, 1.82) is 0 Å². The summed E-state index contributed by atoms with van der Waals surface area (Å²) in [5, 5.41) is 36.1. The van der Waals surface area contributed by atoms with Crippen LogP contribution in [0.25, 0.3) is 0 Å². The number of rotatable bonds is 10. The second-order valence-corrected chi connectivity index (χ2v) is 4.59. The molecule has 0 saturated carbocycles. The fourth-order valence-electron chi connectivity index (χ4n) is 1.74. The summed E-state index contributed by atoms with van der Waals surface area (Å²) in [5.41, 5.74) is -0.995. The van der Waals surface area contributed by atoms with Gasteiger partial charge in [0.1, 0.15) is 11.7 Å². The van der Waals surface area contributed by atoms with E-state index in [4.69, 9.17) is 20.4 Å². The van der Waals surface area contributed by atoms with E-state index >= 15 is 0 Å². The van der Waals surface area contributed by atoms with Crippen molar-refractivity contribution < 1.29 is 30.0 Å². The number of Topliss-reactive ketones (excluding diaryl/α,β-unsaturated/α-hetero) is 1. The van der Waals surface area contributed by atoms with Crippen LogP contribution in [0.15, 0.2) is 0 Å². The van der Waals surface area contributed by atoms with Gasteiger partial charge in [0.05, 0.1) is 19.8 Å². The zero-order valence-corrected chi connectivity index (χ0v) is 10.6. The molecular weight excluding hydrogens is 240 g/mol. The van der Waals surface area contributed by atoms with E-state index in [1.54, 1.807) is 6.92 Å². The lowest BCUT2D eigenvalue weighted by Gasteiger charge is -2.27. The number of aliphatic carboxylic acids is 1. The molecule has 0 bridgehead atoms. The predicted octanol–water partition coefficient (Wildman–Crippen LogP) is -0.200. The van der Waals surface area contributed by atoms with Crippen LogP contribution >= 0.6 is 0 Å². The van der Waals surface area contributed by atoms with Gasteiger partial charge in [0.25, 0.3) is 0 Å². The van der Waals surface area contributed by atoms with E-state index in [2.05, 4.69) is 0 Å². The lowest BCUT2D eigenvalue weighted by molar-refractivity contribution is -0.146. The van der Waals surface area contributed by atoms with Crippen molar-refractivity contribution >= 4 is 11.8 Å². The lowest BCUT2D eigenvalue weighted by Crippen LogP contribution is -2.34. The number of hydrogen-bond donors (Lipinski definition) is 4.